The quantitative estimate of drug-likeness (QED) is 0.422. The van der Waals surface area contributed by atoms with Gasteiger partial charge in [0.25, 0.3) is 0 Å². The van der Waals surface area contributed by atoms with E-state index >= 15 is 0 Å². The molecule has 2 aromatic carbocycles. The number of sulfone groups is 1. The molecule has 2 amide bonds. The number of nitrogens with one attached hydrogen (secondary N) is 1. The summed E-state index contributed by atoms with van der Waals surface area (Å²) < 4.78 is 39.5. The number of amides is 2. The van der Waals surface area contributed by atoms with Gasteiger partial charge < -0.3 is 29.3 Å². The summed E-state index contributed by atoms with van der Waals surface area (Å²) in [5.41, 5.74) is 1.49. The first-order valence-electron chi connectivity index (χ1n) is 14.0. The zero-order valence-electron chi connectivity index (χ0n) is 24.4. The van der Waals surface area contributed by atoms with Crippen LogP contribution in [0.25, 0.3) is 0 Å². The van der Waals surface area contributed by atoms with Crippen LogP contribution < -0.4 is 14.8 Å². The van der Waals surface area contributed by atoms with Gasteiger partial charge in [-0.05, 0) is 81.1 Å². The summed E-state index contributed by atoms with van der Waals surface area (Å²) in [5.74, 6) is 1.40. The van der Waals surface area contributed by atoms with Crippen LogP contribution >= 0.6 is 0 Å². The molecule has 0 bridgehead atoms. The van der Waals surface area contributed by atoms with E-state index in [0.717, 1.165) is 50.0 Å². The highest BCUT2D eigenvalue weighted by atomic mass is 32.2. The number of rotatable bonds is 11. The second-order valence-corrected chi connectivity index (χ2v) is 12.9. The summed E-state index contributed by atoms with van der Waals surface area (Å²) in [7, 11) is -0.0818. The molecule has 2 aliphatic heterocycles. The molecule has 10 nitrogen and oxygen atoms in total. The van der Waals surface area contributed by atoms with Crippen LogP contribution in [0, 0.1) is 5.41 Å². The third-order valence-electron chi connectivity index (χ3n) is 8.25. The molecule has 0 aromatic heterocycles. The number of piperidine rings is 1. The van der Waals surface area contributed by atoms with Gasteiger partial charge in [0.15, 0.2) is 21.3 Å². The minimum Gasteiger partial charge on any atom is -0.493 e. The summed E-state index contributed by atoms with van der Waals surface area (Å²) in [6, 6.07) is 12.1. The number of hydrogen-bond donors (Lipinski definition) is 1. The smallest absolute Gasteiger partial charge is 0.407 e. The van der Waals surface area contributed by atoms with E-state index in [4.69, 9.17) is 14.2 Å². The van der Waals surface area contributed by atoms with Gasteiger partial charge >= 0.3 is 6.09 Å². The first-order valence-corrected chi connectivity index (χ1v) is 15.9. The maximum atomic E-state index is 13.5. The van der Waals surface area contributed by atoms with Crippen molar-refractivity contribution in [3.63, 3.8) is 0 Å². The van der Waals surface area contributed by atoms with Crippen molar-refractivity contribution in [1.29, 1.82) is 0 Å². The first-order chi connectivity index (χ1) is 19.6. The molecule has 2 saturated heterocycles. The van der Waals surface area contributed by atoms with Crippen LogP contribution in [0.2, 0.25) is 0 Å². The highest BCUT2D eigenvalue weighted by Gasteiger charge is 2.47. The van der Waals surface area contributed by atoms with Crippen LogP contribution in [0.5, 0.6) is 11.5 Å². The van der Waals surface area contributed by atoms with E-state index in [1.54, 1.807) is 45.4 Å². The molecule has 0 saturated carbocycles. The predicted molar refractivity (Wildman–Crippen MR) is 155 cm³/mol. The Hall–Kier alpha value is -3.31. The number of carbonyl (C=O) groups excluding carboxylic acids is 2. The number of alkyl carbamates (subject to hydrolysis) is 1. The zero-order chi connectivity index (χ0) is 29.6. The second-order valence-electron chi connectivity index (χ2n) is 10.8. The van der Waals surface area contributed by atoms with Crippen molar-refractivity contribution in [2.45, 2.75) is 50.1 Å². The monoisotopic (exact) mass is 587 g/mol. The molecular weight excluding hydrogens is 546 g/mol. The molecule has 1 atom stereocenters. The molecule has 2 heterocycles. The van der Waals surface area contributed by atoms with Crippen molar-refractivity contribution in [3.8, 4) is 11.5 Å². The minimum absolute atomic E-state index is 0.191. The van der Waals surface area contributed by atoms with Gasteiger partial charge in [0.2, 0.25) is 5.91 Å². The standard InChI is InChI=1S/C30H41N3O7S/c1-5-40-29(35)31-25(23-8-11-26(38-2)27(20-23)39-3)12-16-32-17-13-30(14-18-32)15-19-33(28(30)34)21-22-6-9-24(10-7-22)41(4,36)37/h6-11,20,25H,5,12-19,21H2,1-4H3,(H,31,35). The Kier molecular flexibility index (Phi) is 9.80. The highest BCUT2D eigenvalue weighted by Crippen LogP contribution is 2.42. The Labute approximate surface area is 242 Å². The van der Waals surface area contributed by atoms with Gasteiger partial charge in [-0.3, -0.25) is 4.79 Å². The Morgan fingerprint density at radius 3 is 2.27 bits per heavy atom. The van der Waals surface area contributed by atoms with Gasteiger partial charge in [0.05, 0.1) is 37.2 Å². The summed E-state index contributed by atoms with van der Waals surface area (Å²) in [4.78, 5) is 30.3. The molecule has 224 valence electrons. The van der Waals surface area contributed by atoms with Gasteiger partial charge in [0, 0.05) is 25.9 Å². The third-order valence-corrected chi connectivity index (χ3v) is 9.38. The summed E-state index contributed by atoms with van der Waals surface area (Å²) in [5, 5.41) is 2.98. The topological polar surface area (TPSA) is 114 Å². The predicted octanol–water partition coefficient (Wildman–Crippen LogP) is 3.80. The summed E-state index contributed by atoms with van der Waals surface area (Å²) in [6.07, 6.45) is 3.82. The van der Waals surface area contributed by atoms with Crippen molar-refractivity contribution in [1.82, 2.24) is 15.1 Å². The highest BCUT2D eigenvalue weighted by molar-refractivity contribution is 7.90. The van der Waals surface area contributed by atoms with E-state index in [0.29, 0.717) is 31.0 Å². The Morgan fingerprint density at radius 1 is 1.00 bits per heavy atom. The van der Waals surface area contributed by atoms with E-state index in [-0.39, 0.29) is 28.9 Å². The Morgan fingerprint density at radius 2 is 1.66 bits per heavy atom. The van der Waals surface area contributed by atoms with Gasteiger partial charge in [-0.1, -0.05) is 18.2 Å². The van der Waals surface area contributed by atoms with Crippen molar-refractivity contribution in [2.75, 3.05) is 53.3 Å². The lowest BCUT2D eigenvalue weighted by molar-refractivity contribution is -0.138. The molecule has 1 unspecified atom stereocenters. The number of nitrogens with zero attached hydrogens (tertiary/aromatic N) is 2. The van der Waals surface area contributed by atoms with Gasteiger partial charge in [-0.25, -0.2) is 13.2 Å². The fourth-order valence-electron chi connectivity index (χ4n) is 5.79. The number of ether oxygens (including phenoxy) is 3. The van der Waals surface area contributed by atoms with Gasteiger partial charge in [-0.2, -0.15) is 0 Å². The van der Waals surface area contributed by atoms with Crippen molar-refractivity contribution >= 4 is 21.8 Å². The average molecular weight is 588 g/mol. The molecule has 2 aliphatic rings. The number of methoxy groups -OCH3 is 2. The Bertz CT molecular complexity index is 1320. The molecule has 1 N–H and O–H groups in total. The molecule has 0 aliphatic carbocycles. The molecule has 2 fully saturated rings. The van der Waals surface area contributed by atoms with Crippen molar-refractivity contribution in [2.24, 2.45) is 5.41 Å². The lowest BCUT2D eigenvalue weighted by atomic mass is 9.77. The van der Waals surface area contributed by atoms with Crippen LogP contribution in [0.3, 0.4) is 0 Å². The molecule has 2 aromatic rings. The van der Waals surface area contributed by atoms with Crippen LogP contribution in [-0.4, -0.2) is 83.5 Å². The van der Waals surface area contributed by atoms with E-state index in [1.807, 2.05) is 23.1 Å². The number of carbonyl (C=O) groups is 2. The lowest BCUT2D eigenvalue weighted by Crippen LogP contribution is -2.45. The maximum Gasteiger partial charge on any atom is 0.407 e. The van der Waals surface area contributed by atoms with E-state index < -0.39 is 15.9 Å². The van der Waals surface area contributed by atoms with Crippen LogP contribution in [0.4, 0.5) is 4.79 Å². The number of likely N-dealkylation sites (tertiary alicyclic amines) is 2. The normalized spacial score (nSPS) is 17.9. The van der Waals surface area contributed by atoms with E-state index in [9.17, 15) is 18.0 Å². The number of hydrogen-bond acceptors (Lipinski definition) is 8. The zero-order valence-corrected chi connectivity index (χ0v) is 25.2. The molecule has 0 radical (unpaired) electrons. The molecular formula is C30H41N3O7S. The molecule has 1 spiro atoms. The van der Waals surface area contributed by atoms with E-state index in [2.05, 4.69) is 10.2 Å². The van der Waals surface area contributed by atoms with Crippen LogP contribution in [0.1, 0.15) is 49.8 Å². The second kappa shape index (κ2) is 13.1. The number of benzene rings is 2. The minimum atomic E-state index is -3.25. The maximum absolute atomic E-state index is 13.5. The third kappa shape index (κ3) is 7.32. The van der Waals surface area contributed by atoms with E-state index in [1.165, 1.54) is 6.26 Å². The van der Waals surface area contributed by atoms with Gasteiger partial charge in [-0.15, -0.1) is 0 Å². The lowest BCUT2D eigenvalue weighted by Gasteiger charge is -2.38. The first kappa shape index (κ1) is 30.6. The SMILES string of the molecule is CCOC(=O)NC(CCN1CCC2(CC1)CCN(Cc1ccc(S(C)(=O)=O)cc1)C2=O)c1ccc(OC)c(OC)c1. The summed E-state index contributed by atoms with van der Waals surface area (Å²) in [6.45, 7) is 5.62. The largest absolute Gasteiger partial charge is 0.493 e. The fourth-order valence-corrected chi connectivity index (χ4v) is 6.42. The molecule has 4 rings (SSSR count). The average Bonchev–Trinajstić information content (AvgIpc) is 3.25. The van der Waals surface area contributed by atoms with Gasteiger partial charge in [0.1, 0.15) is 0 Å². The fraction of sp³-hybridized carbons (Fsp3) is 0.533. The van der Waals surface area contributed by atoms with Crippen LogP contribution in [0.15, 0.2) is 47.4 Å². The van der Waals surface area contributed by atoms with Crippen molar-refractivity contribution < 1.29 is 32.2 Å². The van der Waals surface area contributed by atoms with Crippen LogP contribution in [-0.2, 0) is 25.9 Å². The summed E-state index contributed by atoms with van der Waals surface area (Å²) >= 11 is 0. The van der Waals surface area contributed by atoms with Crippen molar-refractivity contribution in [3.05, 3.63) is 53.6 Å². The molecule has 11 heteroatoms. The Balaban J connectivity index is 1.34. The molecule has 41 heavy (non-hydrogen) atoms.